The molecule has 1 aromatic heterocycles. The summed E-state index contributed by atoms with van der Waals surface area (Å²) in [5.41, 5.74) is 2.16. The Morgan fingerprint density at radius 2 is 1.96 bits per heavy atom. The van der Waals surface area contributed by atoms with Gasteiger partial charge in [0.25, 0.3) is 0 Å². The SMILES string of the molecule is C=CCn1c(O)c(N=NC(=O)COc2ccc(C)cc2)c2ccccc21. The zero-order valence-corrected chi connectivity index (χ0v) is 14.4. The zero-order chi connectivity index (χ0) is 18.5. The van der Waals surface area contributed by atoms with Gasteiger partial charge in [-0.2, -0.15) is 0 Å². The Balaban J connectivity index is 1.77. The minimum atomic E-state index is -0.537. The van der Waals surface area contributed by atoms with Crippen LogP contribution in [0.1, 0.15) is 5.56 Å². The van der Waals surface area contributed by atoms with E-state index in [1.54, 1.807) is 22.8 Å². The van der Waals surface area contributed by atoms with Crippen molar-refractivity contribution in [2.45, 2.75) is 13.5 Å². The van der Waals surface area contributed by atoms with E-state index in [1.165, 1.54) is 0 Å². The molecule has 0 aliphatic heterocycles. The summed E-state index contributed by atoms with van der Waals surface area (Å²) in [4.78, 5) is 11.9. The summed E-state index contributed by atoms with van der Waals surface area (Å²) in [6, 6.07) is 14.7. The topological polar surface area (TPSA) is 76.2 Å². The van der Waals surface area contributed by atoms with Crippen molar-refractivity contribution < 1.29 is 14.6 Å². The Hall–Kier alpha value is -3.41. The van der Waals surface area contributed by atoms with Crippen LogP contribution in [0.4, 0.5) is 5.69 Å². The van der Waals surface area contributed by atoms with Gasteiger partial charge in [-0.3, -0.25) is 4.79 Å². The van der Waals surface area contributed by atoms with Crippen molar-refractivity contribution >= 4 is 22.5 Å². The number of nitrogens with zero attached hydrogens (tertiary/aromatic N) is 3. The Bertz CT molecular complexity index is 972. The Morgan fingerprint density at radius 1 is 1.23 bits per heavy atom. The number of aromatic nitrogens is 1. The molecule has 0 fully saturated rings. The molecule has 3 rings (SSSR count). The van der Waals surface area contributed by atoms with Crippen molar-refractivity contribution in [1.82, 2.24) is 4.57 Å². The van der Waals surface area contributed by atoms with E-state index in [9.17, 15) is 9.90 Å². The van der Waals surface area contributed by atoms with E-state index in [0.29, 0.717) is 17.7 Å². The average molecular weight is 349 g/mol. The molecule has 6 nitrogen and oxygen atoms in total. The molecule has 0 aliphatic carbocycles. The Kier molecular flexibility index (Phi) is 5.12. The Morgan fingerprint density at radius 3 is 2.69 bits per heavy atom. The van der Waals surface area contributed by atoms with Gasteiger partial charge in [0.15, 0.2) is 12.3 Å². The van der Waals surface area contributed by atoms with E-state index in [2.05, 4.69) is 16.8 Å². The van der Waals surface area contributed by atoms with Gasteiger partial charge in [0.2, 0.25) is 5.88 Å². The first-order valence-corrected chi connectivity index (χ1v) is 8.15. The second-order valence-corrected chi connectivity index (χ2v) is 5.78. The number of allylic oxidation sites excluding steroid dienone is 1. The van der Waals surface area contributed by atoms with Crippen molar-refractivity contribution in [2.24, 2.45) is 10.2 Å². The van der Waals surface area contributed by atoms with Crippen molar-refractivity contribution in [3.8, 4) is 11.6 Å². The van der Waals surface area contributed by atoms with E-state index in [0.717, 1.165) is 11.1 Å². The maximum Gasteiger partial charge on any atom is 0.302 e. The lowest BCUT2D eigenvalue weighted by atomic mass is 10.2. The van der Waals surface area contributed by atoms with Gasteiger partial charge in [-0.1, -0.05) is 42.0 Å². The summed E-state index contributed by atoms with van der Waals surface area (Å²) in [6.07, 6.45) is 1.67. The molecule has 0 saturated heterocycles. The summed E-state index contributed by atoms with van der Waals surface area (Å²) >= 11 is 0. The summed E-state index contributed by atoms with van der Waals surface area (Å²) < 4.78 is 7.05. The quantitative estimate of drug-likeness (QED) is 0.525. The molecule has 3 aromatic rings. The van der Waals surface area contributed by atoms with Crippen LogP contribution in [-0.2, 0) is 11.3 Å². The normalized spacial score (nSPS) is 11.1. The Labute approximate surface area is 151 Å². The highest BCUT2D eigenvalue weighted by molar-refractivity contribution is 5.95. The molecular formula is C20H19N3O3. The fourth-order valence-corrected chi connectivity index (χ4v) is 2.60. The third-order valence-corrected chi connectivity index (χ3v) is 3.87. The molecule has 1 amide bonds. The molecule has 0 radical (unpaired) electrons. The van der Waals surface area contributed by atoms with Gasteiger partial charge in [-0.15, -0.1) is 16.8 Å². The number of hydrogen-bond acceptors (Lipinski definition) is 4. The van der Waals surface area contributed by atoms with Crippen LogP contribution in [0.25, 0.3) is 10.9 Å². The maximum absolute atomic E-state index is 11.9. The molecule has 1 N–H and O–H groups in total. The van der Waals surface area contributed by atoms with Crippen molar-refractivity contribution in [2.75, 3.05) is 6.61 Å². The van der Waals surface area contributed by atoms with Crippen LogP contribution in [0.15, 0.2) is 71.4 Å². The van der Waals surface area contributed by atoms with Crippen LogP contribution in [0.2, 0.25) is 0 Å². The second-order valence-electron chi connectivity index (χ2n) is 5.78. The van der Waals surface area contributed by atoms with Gasteiger partial charge in [0.05, 0.1) is 5.52 Å². The summed E-state index contributed by atoms with van der Waals surface area (Å²) in [5.74, 6) is -0.00258. The fraction of sp³-hybridized carbons (Fsp3) is 0.150. The largest absolute Gasteiger partial charge is 0.493 e. The van der Waals surface area contributed by atoms with Gasteiger partial charge in [0.1, 0.15) is 5.75 Å². The number of ether oxygens (including phenoxy) is 1. The predicted octanol–water partition coefficient (Wildman–Crippen LogP) is 4.53. The van der Waals surface area contributed by atoms with E-state index in [4.69, 9.17) is 4.74 Å². The lowest BCUT2D eigenvalue weighted by Crippen LogP contribution is -2.07. The number of azo groups is 1. The average Bonchev–Trinajstić information content (AvgIpc) is 2.92. The van der Waals surface area contributed by atoms with Gasteiger partial charge in [-0.25, -0.2) is 0 Å². The lowest BCUT2D eigenvalue weighted by Gasteiger charge is -2.03. The zero-order valence-electron chi connectivity index (χ0n) is 14.4. The smallest absolute Gasteiger partial charge is 0.302 e. The van der Waals surface area contributed by atoms with Gasteiger partial charge >= 0.3 is 5.91 Å². The lowest BCUT2D eigenvalue weighted by molar-refractivity contribution is -0.120. The molecule has 0 spiro atoms. The minimum Gasteiger partial charge on any atom is -0.493 e. The molecular weight excluding hydrogens is 330 g/mol. The van der Waals surface area contributed by atoms with E-state index in [-0.39, 0.29) is 18.2 Å². The van der Waals surface area contributed by atoms with Crippen molar-refractivity contribution in [3.05, 3.63) is 66.7 Å². The molecule has 6 heteroatoms. The molecule has 132 valence electrons. The van der Waals surface area contributed by atoms with Crippen LogP contribution >= 0.6 is 0 Å². The van der Waals surface area contributed by atoms with E-state index >= 15 is 0 Å². The molecule has 26 heavy (non-hydrogen) atoms. The van der Waals surface area contributed by atoms with E-state index in [1.807, 2.05) is 43.3 Å². The first-order valence-electron chi connectivity index (χ1n) is 8.15. The first kappa shape index (κ1) is 17.4. The number of rotatable bonds is 6. The molecule has 0 unspecified atom stereocenters. The summed E-state index contributed by atoms with van der Waals surface area (Å²) in [7, 11) is 0. The van der Waals surface area contributed by atoms with Crippen LogP contribution in [0.5, 0.6) is 11.6 Å². The standard InChI is InChI=1S/C20H19N3O3/c1-3-12-23-17-7-5-4-6-16(17)19(20(23)25)22-21-18(24)13-26-15-10-8-14(2)9-11-15/h3-11,25H,1,12-13H2,2H3. The van der Waals surface area contributed by atoms with Crippen molar-refractivity contribution in [3.63, 3.8) is 0 Å². The molecule has 0 aliphatic rings. The minimum absolute atomic E-state index is 0.0536. The van der Waals surface area contributed by atoms with Gasteiger partial charge in [0, 0.05) is 11.9 Å². The van der Waals surface area contributed by atoms with Crippen LogP contribution in [0, 0.1) is 6.92 Å². The molecule has 0 atom stereocenters. The number of benzene rings is 2. The predicted molar refractivity (Wildman–Crippen MR) is 100.0 cm³/mol. The fourth-order valence-electron chi connectivity index (χ4n) is 2.60. The highest BCUT2D eigenvalue weighted by atomic mass is 16.5. The number of hydrogen-bond donors (Lipinski definition) is 1. The summed E-state index contributed by atoms with van der Waals surface area (Å²) in [5, 5.41) is 18.7. The van der Waals surface area contributed by atoms with Crippen LogP contribution in [-0.4, -0.2) is 22.2 Å². The molecule has 0 bridgehead atoms. The monoisotopic (exact) mass is 349 g/mol. The number of para-hydroxylation sites is 1. The highest BCUT2D eigenvalue weighted by Gasteiger charge is 2.15. The second kappa shape index (κ2) is 7.65. The van der Waals surface area contributed by atoms with Crippen LogP contribution in [0.3, 0.4) is 0 Å². The third kappa shape index (κ3) is 3.64. The number of carbonyl (C=O) groups excluding carboxylic acids is 1. The number of amides is 1. The number of aryl methyl sites for hydroxylation is 1. The van der Waals surface area contributed by atoms with E-state index < -0.39 is 5.91 Å². The molecule has 0 saturated carbocycles. The first-order chi connectivity index (χ1) is 12.6. The third-order valence-electron chi connectivity index (χ3n) is 3.87. The number of carbonyl (C=O) groups is 1. The number of aromatic hydroxyl groups is 1. The molecule has 1 heterocycles. The number of fused-ring (bicyclic) bond motifs is 1. The van der Waals surface area contributed by atoms with Gasteiger partial charge in [-0.05, 0) is 25.1 Å². The highest BCUT2D eigenvalue weighted by Crippen LogP contribution is 2.38. The maximum atomic E-state index is 11.9. The van der Waals surface area contributed by atoms with Crippen molar-refractivity contribution in [1.29, 1.82) is 0 Å². The molecule has 2 aromatic carbocycles. The summed E-state index contributed by atoms with van der Waals surface area (Å²) in [6.45, 7) is 5.86. The van der Waals surface area contributed by atoms with Crippen LogP contribution < -0.4 is 4.74 Å². The van der Waals surface area contributed by atoms with Gasteiger partial charge < -0.3 is 14.4 Å².